The number of nitrogens with one attached hydrogen (secondary N) is 6. The highest BCUT2D eigenvalue weighted by Gasteiger charge is 2.85. The molecule has 17 heteroatoms. The summed E-state index contributed by atoms with van der Waals surface area (Å²) in [6.07, 6.45) is 52.7. The minimum Gasteiger partial charge on any atom is -0.446 e. The fraction of sp³-hybridized carbons (Fsp3) is 0.897. The van der Waals surface area contributed by atoms with Gasteiger partial charge in [0, 0.05) is 52.0 Å². The van der Waals surface area contributed by atoms with Crippen LogP contribution >= 0.6 is 0 Å². The van der Waals surface area contributed by atoms with E-state index in [1.807, 2.05) is 0 Å². The topological polar surface area (TPSA) is 238 Å². The van der Waals surface area contributed by atoms with Gasteiger partial charge >= 0.3 is 18.3 Å². The number of nitrogens with zero attached hydrogens (tertiary/aromatic N) is 2. The van der Waals surface area contributed by atoms with Gasteiger partial charge in [-0.2, -0.15) is 0 Å². The molecule has 14 rings (SSSR count). The van der Waals surface area contributed by atoms with Crippen LogP contribution in [0.25, 0.3) is 0 Å². The quantitative estimate of drug-likeness (QED) is 0.00937. The number of hydrogen-bond acceptors (Lipinski definition) is 11. The summed E-state index contributed by atoms with van der Waals surface area (Å²) in [7, 11) is 0. The van der Waals surface area contributed by atoms with Crippen molar-refractivity contribution in [2.24, 2.45) is 168 Å². The molecule has 0 heterocycles. The van der Waals surface area contributed by atoms with Crippen LogP contribution in [0.5, 0.6) is 0 Å². The van der Waals surface area contributed by atoms with E-state index in [9.17, 15) is 19.2 Å². The molecule has 17 nitrogen and oxygen atoms in total. The number of rotatable bonds is 42. The lowest BCUT2D eigenvalue weighted by atomic mass is 9.47. The zero-order valence-corrected chi connectivity index (χ0v) is 81.4. The van der Waals surface area contributed by atoms with E-state index in [0.717, 1.165) is 242 Å². The lowest BCUT2D eigenvalue weighted by molar-refractivity contribution is -0.125. The van der Waals surface area contributed by atoms with Crippen molar-refractivity contribution >= 4 is 30.1 Å². The number of ether oxygens (including phenoxy) is 3. The molecule has 14 aliphatic carbocycles. The fourth-order valence-corrected chi connectivity index (χ4v) is 32.5. The Labute approximate surface area is 754 Å². The van der Waals surface area contributed by atoms with Gasteiger partial charge in [0.25, 0.3) is 0 Å². The number of allylic oxidation sites excluding steroid dienone is 3. The molecule has 0 aliphatic heterocycles. The minimum atomic E-state index is -0.831. The van der Waals surface area contributed by atoms with Gasteiger partial charge in [0.05, 0.1) is 0 Å². The summed E-state index contributed by atoms with van der Waals surface area (Å²) in [5.74, 6) is 14.7. The Morgan fingerprint density at radius 3 is 1.01 bits per heavy atom. The second-order valence-corrected chi connectivity index (χ2v) is 48.0. The lowest BCUT2D eigenvalue weighted by Gasteiger charge is -2.58. The van der Waals surface area contributed by atoms with Crippen LogP contribution in [0.3, 0.4) is 0 Å². The number of amides is 4. The number of alkyl carbamates (subject to hydrolysis) is 3. The van der Waals surface area contributed by atoms with Crippen LogP contribution in [-0.4, -0.2) is 136 Å². The second-order valence-electron chi connectivity index (χ2n) is 48.0. The van der Waals surface area contributed by atoms with Gasteiger partial charge in [-0.25, -0.2) is 14.4 Å². The molecular formula is C107H182N10O7. The molecule has 0 saturated heterocycles. The highest BCUT2D eigenvalue weighted by molar-refractivity contribution is 5.93. The summed E-state index contributed by atoms with van der Waals surface area (Å²) in [6.45, 7) is 45.4. The Balaban J connectivity index is 0.559. The van der Waals surface area contributed by atoms with Gasteiger partial charge < -0.3 is 62.1 Å². The molecule has 26 unspecified atom stereocenters. The van der Waals surface area contributed by atoms with E-state index < -0.39 is 5.54 Å². The molecule has 0 spiro atoms. The Hall–Kier alpha value is -4.35. The second kappa shape index (κ2) is 40.8. The molecule has 14 aliphatic rings. The number of carbonyl (C=O) groups excluding carboxylic acids is 4. The van der Waals surface area contributed by atoms with Crippen molar-refractivity contribution in [3.63, 3.8) is 0 Å². The van der Waals surface area contributed by atoms with Gasteiger partial charge in [-0.15, -0.1) is 0 Å². The Bertz CT molecular complexity index is 3550. The number of nitrogens with two attached hydrogens (primary N) is 2. The van der Waals surface area contributed by atoms with E-state index in [1.165, 1.54) is 154 Å². The van der Waals surface area contributed by atoms with E-state index in [2.05, 4.69) is 158 Å². The van der Waals surface area contributed by atoms with E-state index >= 15 is 0 Å². The van der Waals surface area contributed by atoms with E-state index in [1.54, 1.807) is 16.7 Å². The third kappa shape index (κ3) is 20.8. The van der Waals surface area contributed by atoms with E-state index in [0.29, 0.717) is 49.0 Å². The monoisotopic (exact) mass is 1720 g/mol. The first-order chi connectivity index (χ1) is 59.2. The normalized spacial score (nSPS) is 39.1. The van der Waals surface area contributed by atoms with Gasteiger partial charge in [0.15, 0.2) is 5.96 Å². The first-order valence-corrected chi connectivity index (χ1v) is 52.7. The first-order valence-electron chi connectivity index (χ1n) is 52.7. The van der Waals surface area contributed by atoms with Crippen LogP contribution in [-0.2, 0) is 19.0 Å². The molecule has 0 aromatic heterocycles. The number of hydrogen-bond donors (Lipinski definition) is 8. The molecule has 0 aromatic carbocycles. The summed E-state index contributed by atoms with van der Waals surface area (Å²) in [4.78, 5) is 60.0. The molecule has 26 atom stereocenters. The SMILES string of the molecule is CC(C)CCCC(C)C1CCC2C3CC=C4CC(OC(=O)NCCCN(CCCCN(CCCNC(=O)OC5CCC6(C)C(=CCC7C6CCC6(C)C(C(C)CCCC(C)C)CCC76)C5)CCCNC(=O)C5(N)C6C(CNC(=N)N)C65)CCCNC(=O)OC5CCC6(C)C(=CCC7C6CCC6(C)C(C(C)CCCC(C)C)CCC76)C5)CCC4(C)C3CCC12C. The molecular weight excluding hydrogens is 1540 g/mol. The van der Waals surface area contributed by atoms with Gasteiger partial charge in [0.1, 0.15) is 23.9 Å². The predicted octanol–water partition coefficient (Wildman–Crippen LogP) is 22.5. The molecule has 4 amide bonds. The Morgan fingerprint density at radius 2 is 0.702 bits per heavy atom. The third-order valence-electron chi connectivity index (χ3n) is 39.6. The van der Waals surface area contributed by atoms with Crippen molar-refractivity contribution in [1.82, 2.24) is 36.4 Å². The molecule has 10 N–H and O–H groups in total. The van der Waals surface area contributed by atoms with E-state index in [-0.39, 0.29) is 82.5 Å². The van der Waals surface area contributed by atoms with Crippen molar-refractivity contribution in [2.45, 2.75) is 378 Å². The minimum absolute atomic E-state index is 0.0574. The molecule has 124 heavy (non-hydrogen) atoms. The molecule has 11 fully saturated rings. The number of unbranched alkanes of at least 4 members (excludes halogenated alkanes) is 1. The van der Waals surface area contributed by atoms with Gasteiger partial charge in [-0.05, 0) is 369 Å². The van der Waals surface area contributed by atoms with Crippen LogP contribution in [0.15, 0.2) is 34.9 Å². The first kappa shape index (κ1) is 95.7. The predicted molar refractivity (Wildman–Crippen MR) is 505 cm³/mol. The number of guanidine groups is 1. The number of fused-ring (bicyclic) bond motifs is 16. The molecule has 0 aromatic rings. The Kier molecular flexibility index (Phi) is 31.5. The van der Waals surface area contributed by atoms with Crippen molar-refractivity contribution in [1.29, 1.82) is 5.41 Å². The van der Waals surface area contributed by atoms with Crippen LogP contribution in [0.4, 0.5) is 14.4 Å². The van der Waals surface area contributed by atoms with Gasteiger partial charge in [-0.3, -0.25) is 10.2 Å². The fourth-order valence-electron chi connectivity index (χ4n) is 32.5. The molecule has 0 radical (unpaired) electrons. The molecule has 702 valence electrons. The average Bonchev–Trinajstić information content (AvgIpc) is 1.46. The summed E-state index contributed by atoms with van der Waals surface area (Å²) < 4.78 is 19.0. The smallest absolute Gasteiger partial charge is 0.407 e. The molecule has 11 saturated carbocycles. The summed E-state index contributed by atoms with van der Waals surface area (Å²) >= 11 is 0. The maximum Gasteiger partial charge on any atom is 0.407 e. The Morgan fingerprint density at radius 1 is 0.395 bits per heavy atom. The molecule has 0 bridgehead atoms. The van der Waals surface area contributed by atoms with Crippen LogP contribution in [0, 0.1) is 162 Å². The average molecular weight is 1720 g/mol. The van der Waals surface area contributed by atoms with Crippen LogP contribution in [0.2, 0.25) is 0 Å². The van der Waals surface area contributed by atoms with Crippen LogP contribution < -0.4 is 38.1 Å². The van der Waals surface area contributed by atoms with Crippen molar-refractivity contribution in [2.75, 3.05) is 72.0 Å². The summed E-state index contributed by atoms with van der Waals surface area (Å²) in [6, 6.07) is 0. The van der Waals surface area contributed by atoms with Gasteiger partial charge in [0.2, 0.25) is 5.91 Å². The van der Waals surface area contributed by atoms with E-state index in [4.69, 9.17) is 31.1 Å². The van der Waals surface area contributed by atoms with Crippen molar-refractivity contribution < 1.29 is 33.4 Å². The highest BCUT2D eigenvalue weighted by Crippen LogP contribution is 2.75. The van der Waals surface area contributed by atoms with Crippen molar-refractivity contribution in [3.05, 3.63) is 34.9 Å². The lowest BCUT2D eigenvalue weighted by Crippen LogP contribution is -2.52. The zero-order chi connectivity index (χ0) is 88.3. The standard InChI is InChI=1S/C107H182N10O7/c1-69(2)25-18-28-72(7)85-37-40-88-81-34-31-75-65-78(43-49-101(75,10)91(81)46-52-104(85,88)13)122-98(119)112-56-22-62-116(61-21-55-111-96(118)107(110)94-84(95(94)107)68-115-97(108)109)59-16-17-60-117(63-23-57-113-99(120)123-79-44-50-102(11)76(66-79)32-35-82-89-41-38-86(73(8)29-19-26-70(3)4)105(89,14)53-47-92(82)102)64-24-58-114-100(121)124-80-45-51-103(12)77(67-80)33-36-83-90-42-39-87(74(9)30-20-27-71(5)6)106(90,15)54-48-93(83)103/h31-33,69-74,78-95H,16-30,34-68,110H2,1-15H3,(H,111,118)(H,112,119)(H,113,120)(H,114,121)(H4,108,109,115). The van der Waals surface area contributed by atoms with Gasteiger partial charge in [-0.1, -0.05) is 197 Å². The maximum atomic E-state index is 13.8. The number of carbonyl (C=O) groups is 4. The van der Waals surface area contributed by atoms with Crippen LogP contribution in [0.1, 0.15) is 354 Å². The third-order valence-corrected chi connectivity index (χ3v) is 39.6. The van der Waals surface area contributed by atoms with Crippen molar-refractivity contribution in [3.8, 4) is 0 Å². The zero-order valence-electron chi connectivity index (χ0n) is 81.4. The maximum absolute atomic E-state index is 13.8. The summed E-state index contributed by atoms with van der Waals surface area (Å²) in [5, 5.41) is 23.3. The highest BCUT2D eigenvalue weighted by atomic mass is 16.6. The largest absolute Gasteiger partial charge is 0.446 e. The summed E-state index contributed by atoms with van der Waals surface area (Å²) in [5.41, 5.74) is 18.0.